The first-order valence-corrected chi connectivity index (χ1v) is 5.61. The van der Waals surface area contributed by atoms with Gasteiger partial charge in [-0.1, -0.05) is 5.16 Å². The van der Waals surface area contributed by atoms with Crippen LogP contribution in [0.1, 0.15) is 25.0 Å². The van der Waals surface area contributed by atoms with Crippen molar-refractivity contribution in [1.29, 1.82) is 0 Å². The predicted octanol–water partition coefficient (Wildman–Crippen LogP) is 1.43. The minimum Gasteiger partial charge on any atom is -0.378 e. The van der Waals surface area contributed by atoms with Crippen molar-refractivity contribution in [3.8, 4) is 0 Å². The largest absolute Gasteiger partial charge is 0.378 e. The first kappa shape index (κ1) is 9.36. The van der Waals surface area contributed by atoms with Crippen LogP contribution in [0.2, 0.25) is 0 Å². The summed E-state index contributed by atoms with van der Waals surface area (Å²) in [5.41, 5.74) is 0.311. The Labute approximate surface area is 89.2 Å². The summed E-state index contributed by atoms with van der Waals surface area (Å²) >= 11 is 0. The molecule has 3 rings (SSSR count). The molecule has 0 radical (unpaired) electrons. The van der Waals surface area contributed by atoms with Crippen LogP contribution in [0.15, 0.2) is 16.8 Å². The van der Waals surface area contributed by atoms with E-state index in [1.165, 1.54) is 19.3 Å². The molecule has 4 heteroatoms. The number of morpholine rings is 1. The average Bonchev–Trinajstić information content (AvgIpc) is 2.69. The first-order valence-electron chi connectivity index (χ1n) is 5.61. The normalized spacial score (nSPS) is 25.3. The lowest BCUT2D eigenvalue weighted by Gasteiger charge is -2.52. The molecule has 0 N–H and O–H groups in total. The lowest BCUT2D eigenvalue weighted by molar-refractivity contribution is -0.113. The predicted molar refractivity (Wildman–Crippen MR) is 54.3 cm³/mol. The quantitative estimate of drug-likeness (QED) is 0.737. The maximum Gasteiger partial charge on any atom is 0.150 e. The van der Waals surface area contributed by atoms with Gasteiger partial charge in [0.25, 0.3) is 0 Å². The molecule has 1 saturated carbocycles. The van der Waals surface area contributed by atoms with Crippen LogP contribution in [0, 0.1) is 0 Å². The standard InChI is InChI=1S/C11H16N2O2/c1-3-11(4-1)9-14-7-6-13(11)8-10-2-5-12-15-10/h2,5H,1,3-4,6-9H2. The van der Waals surface area contributed by atoms with E-state index in [2.05, 4.69) is 10.1 Å². The highest BCUT2D eigenvalue weighted by Gasteiger charge is 2.44. The van der Waals surface area contributed by atoms with Gasteiger partial charge in [-0.2, -0.15) is 0 Å². The van der Waals surface area contributed by atoms with Gasteiger partial charge in [0.05, 0.1) is 26.0 Å². The molecule has 2 heterocycles. The Kier molecular flexibility index (Phi) is 2.25. The molecule has 0 bridgehead atoms. The molecule has 82 valence electrons. The van der Waals surface area contributed by atoms with Crippen molar-refractivity contribution in [3.63, 3.8) is 0 Å². The summed E-state index contributed by atoms with van der Waals surface area (Å²) in [5.74, 6) is 0.961. The summed E-state index contributed by atoms with van der Waals surface area (Å²) in [6.45, 7) is 3.63. The second kappa shape index (κ2) is 3.61. The molecule has 0 aromatic carbocycles. The van der Waals surface area contributed by atoms with Gasteiger partial charge in [0.2, 0.25) is 0 Å². The number of rotatable bonds is 2. The SMILES string of the molecule is c1cc(CN2CCOCC23CCC3)on1. The Morgan fingerprint density at radius 2 is 2.40 bits per heavy atom. The third-order valence-electron chi connectivity index (χ3n) is 3.67. The van der Waals surface area contributed by atoms with Crippen molar-refractivity contribution in [1.82, 2.24) is 10.1 Å². The number of ether oxygens (including phenoxy) is 1. The maximum atomic E-state index is 5.59. The van der Waals surface area contributed by atoms with Crippen molar-refractivity contribution in [2.75, 3.05) is 19.8 Å². The average molecular weight is 208 g/mol. The van der Waals surface area contributed by atoms with Crippen LogP contribution in [0.4, 0.5) is 0 Å². The fourth-order valence-corrected chi connectivity index (χ4v) is 2.57. The van der Waals surface area contributed by atoms with Gasteiger partial charge in [0.1, 0.15) is 0 Å². The molecule has 0 unspecified atom stereocenters. The van der Waals surface area contributed by atoms with Gasteiger partial charge in [0.15, 0.2) is 5.76 Å². The topological polar surface area (TPSA) is 38.5 Å². The number of hydrogen-bond donors (Lipinski definition) is 0. The highest BCUT2D eigenvalue weighted by Crippen LogP contribution is 2.40. The molecule has 15 heavy (non-hydrogen) atoms. The number of hydrogen-bond acceptors (Lipinski definition) is 4. The van der Waals surface area contributed by atoms with E-state index in [-0.39, 0.29) is 0 Å². The Balaban J connectivity index is 1.72. The third-order valence-corrected chi connectivity index (χ3v) is 3.67. The minimum absolute atomic E-state index is 0.311. The van der Waals surface area contributed by atoms with Gasteiger partial charge >= 0.3 is 0 Å². The van der Waals surface area contributed by atoms with Crippen LogP contribution in [-0.4, -0.2) is 35.4 Å². The second-order valence-corrected chi connectivity index (χ2v) is 4.53. The van der Waals surface area contributed by atoms with Crippen LogP contribution in [-0.2, 0) is 11.3 Å². The minimum atomic E-state index is 0.311. The van der Waals surface area contributed by atoms with Gasteiger partial charge in [0, 0.05) is 18.2 Å². The van der Waals surface area contributed by atoms with E-state index in [1.807, 2.05) is 6.07 Å². The summed E-state index contributed by atoms with van der Waals surface area (Å²) in [6, 6.07) is 1.95. The summed E-state index contributed by atoms with van der Waals surface area (Å²) in [7, 11) is 0. The van der Waals surface area contributed by atoms with E-state index in [4.69, 9.17) is 9.26 Å². The molecule has 2 aliphatic rings. The molecule has 1 aromatic rings. The molecular weight excluding hydrogens is 192 g/mol. The van der Waals surface area contributed by atoms with Crippen LogP contribution in [0.25, 0.3) is 0 Å². The van der Waals surface area contributed by atoms with Crippen LogP contribution < -0.4 is 0 Å². The zero-order valence-corrected chi connectivity index (χ0v) is 8.82. The van der Waals surface area contributed by atoms with Crippen molar-refractivity contribution in [3.05, 3.63) is 18.0 Å². The van der Waals surface area contributed by atoms with Crippen LogP contribution in [0.3, 0.4) is 0 Å². The lowest BCUT2D eigenvalue weighted by atomic mass is 9.75. The molecule has 0 atom stereocenters. The highest BCUT2D eigenvalue weighted by atomic mass is 16.5. The van der Waals surface area contributed by atoms with Crippen LogP contribution >= 0.6 is 0 Å². The smallest absolute Gasteiger partial charge is 0.150 e. The first-order chi connectivity index (χ1) is 7.39. The summed E-state index contributed by atoms with van der Waals surface area (Å²) in [5, 5.41) is 3.75. The van der Waals surface area contributed by atoms with E-state index in [0.29, 0.717) is 5.54 Å². The third kappa shape index (κ3) is 1.58. The summed E-state index contributed by atoms with van der Waals surface area (Å²) in [6.07, 6.45) is 5.57. The lowest BCUT2D eigenvalue weighted by Crippen LogP contribution is -2.60. The molecule has 1 spiro atoms. The summed E-state index contributed by atoms with van der Waals surface area (Å²) < 4.78 is 10.8. The monoisotopic (exact) mass is 208 g/mol. The van der Waals surface area contributed by atoms with Gasteiger partial charge in [-0.15, -0.1) is 0 Å². The van der Waals surface area contributed by atoms with Crippen molar-refractivity contribution < 1.29 is 9.26 Å². The van der Waals surface area contributed by atoms with E-state index in [0.717, 1.165) is 32.1 Å². The highest BCUT2D eigenvalue weighted by molar-refractivity contribution is 5.03. The Hall–Kier alpha value is -0.870. The van der Waals surface area contributed by atoms with Crippen molar-refractivity contribution >= 4 is 0 Å². The van der Waals surface area contributed by atoms with Crippen molar-refractivity contribution in [2.45, 2.75) is 31.3 Å². The zero-order valence-electron chi connectivity index (χ0n) is 8.82. The molecular formula is C11H16N2O2. The Morgan fingerprint density at radius 3 is 3.07 bits per heavy atom. The molecule has 2 fully saturated rings. The van der Waals surface area contributed by atoms with Crippen LogP contribution in [0.5, 0.6) is 0 Å². The summed E-state index contributed by atoms with van der Waals surface area (Å²) in [4.78, 5) is 2.50. The molecule has 0 amide bonds. The Morgan fingerprint density at radius 1 is 1.47 bits per heavy atom. The van der Waals surface area contributed by atoms with E-state index in [1.54, 1.807) is 6.20 Å². The van der Waals surface area contributed by atoms with Gasteiger partial charge < -0.3 is 9.26 Å². The fourth-order valence-electron chi connectivity index (χ4n) is 2.57. The van der Waals surface area contributed by atoms with E-state index >= 15 is 0 Å². The molecule has 1 saturated heterocycles. The fraction of sp³-hybridized carbons (Fsp3) is 0.727. The van der Waals surface area contributed by atoms with E-state index < -0.39 is 0 Å². The molecule has 1 aliphatic heterocycles. The second-order valence-electron chi connectivity index (χ2n) is 4.53. The molecule has 1 aliphatic carbocycles. The van der Waals surface area contributed by atoms with Gasteiger partial charge in [-0.25, -0.2) is 0 Å². The number of nitrogens with zero attached hydrogens (tertiary/aromatic N) is 2. The Bertz CT molecular complexity index is 319. The van der Waals surface area contributed by atoms with Gasteiger partial charge in [-0.05, 0) is 19.3 Å². The zero-order chi connectivity index (χ0) is 10.1. The van der Waals surface area contributed by atoms with Gasteiger partial charge in [-0.3, -0.25) is 4.90 Å². The maximum absolute atomic E-state index is 5.59. The van der Waals surface area contributed by atoms with Crippen molar-refractivity contribution in [2.24, 2.45) is 0 Å². The molecule has 4 nitrogen and oxygen atoms in total. The van der Waals surface area contributed by atoms with E-state index in [9.17, 15) is 0 Å². The molecule has 1 aromatic heterocycles. The number of aromatic nitrogens is 1.